The minimum atomic E-state index is -0.186. The average Bonchev–Trinajstić information content (AvgIpc) is 2.08. The molecule has 0 fully saturated rings. The Labute approximate surface area is 69.8 Å². The van der Waals surface area contributed by atoms with E-state index in [4.69, 9.17) is 0 Å². The van der Waals surface area contributed by atoms with Crippen LogP contribution in [0.2, 0.25) is 0 Å². The third-order valence-electron chi connectivity index (χ3n) is 2.02. The summed E-state index contributed by atoms with van der Waals surface area (Å²) < 4.78 is 1.31. The molecule has 4 nitrogen and oxygen atoms in total. The van der Waals surface area contributed by atoms with Crippen molar-refractivity contribution in [3.8, 4) is 0 Å². The molecular weight excluding hydrogens is 156 g/mol. The van der Waals surface area contributed by atoms with Gasteiger partial charge in [0, 0.05) is 17.7 Å². The molecule has 1 N–H and O–H groups in total. The molecule has 66 valence electrons. The molecule has 0 bridgehead atoms. The molecule has 0 aromatic carbocycles. The van der Waals surface area contributed by atoms with Crippen LogP contribution in [-0.4, -0.2) is 9.78 Å². The van der Waals surface area contributed by atoms with E-state index in [1.807, 2.05) is 6.92 Å². The van der Waals surface area contributed by atoms with Crippen LogP contribution in [0.25, 0.3) is 0 Å². The van der Waals surface area contributed by atoms with Gasteiger partial charge in [0.25, 0.3) is 11.1 Å². The predicted octanol–water partition coefficient (Wildman–Crippen LogP) is 0.173. The molecule has 4 heteroatoms. The molecule has 1 aromatic rings. The Hall–Kier alpha value is -1.32. The van der Waals surface area contributed by atoms with E-state index in [0.717, 1.165) is 0 Å². The van der Waals surface area contributed by atoms with Crippen LogP contribution in [0.4, 0.5) is 0 Å². The van der Waals surface area contributed by atoms with Gasteiger partial charge in [0.15, 0.2) is 0 Å². The number of hydrogen-bond acceptors (Lipinski definition) is 2. The molecule has 0 amide bonds. The third kappa shape index (κ3) is 1.20. The third-order valence-corrected chi connectivity index (χ3v) is 2.02. The maximum Gasteiger partial charge on any atom is 0.268 e. The summed E-state index contributed by atoms with van der Waals surface area (Å²) in [6.45, 7) is 5.62. The van der Waals surface area contributed by atoms with Crippen molar-refractivity contribution < 1.29 is 0 Å². The normalized spacial score (nSPS) is 10.2. The van der Waals surface area contributed by atoms with E-state index in [2.05, 4.69) is 5.10 Å². The molecule has 0 radical (unpaired) electrons. The Kier molecular flexibility index (Phi) is 2.17. The van der Waals surface area contributed by atoms with Crippen LogP contribution in [0.5, 0.6) is 0 Å². The second-order valence-corrected chi connectivity index (χ2v) is 2.74. The first kappa shape index (κ1) is 8.77. The van der Waals surface area contributed by atoms with Gasteiger partial charge in [0.1, 0.15) is 0 Å². The second-order valence-electron chi connectivity index (χ2n) is 2.74. The fourth-order valence-corrected chi connectivity index (χ4v) is 1.01. The van der Waals surface area contributed by atoms with Gasteiger partial charge < -0.3 is 0 Å². The Bertz CT molecular complexity index is 400. The number of nitrogens with zero attached hydrogens (tertiary/aromatic N) is 1. The lowest BCUT2D eigenvalue weighted by molar-refractivity contribution is 0.597. The lowest BCUT2D eigenvalue weighted by Gasteiger charge is -2.03. The molecule has 0 aliphatic rings. The maximum atomic E-state index is 11.4. The number of nitrogens with one attached hydrogen (secondary N) is 1. The Morgan fingerprint density at radius 3 is 2.33 bits per heavy atom. The molecule has 12 heavy (non-hydrogen) atoms. The van der Waals surface area contributed by atoms with Crippen molar-refractivity contribution in [1.82, 2.24) is 9.78 Å². The van der Waals surface area contributed by atoms with E-state index in [1.54, 1.807) is 13.8 Å². The zero-order chi connectivity index (χ0) is 9.30. The fraction of sp³-hybridized carbons (Fsp3) is 0.500. The standard InChI is InChI=1S/C8H12N2O2/c1-4-10-8(12)6(3)5(2)7(11)9-10/h4H2,1-3H3,(H,9,11). The first-order chi connectivity index (χ1) is 5.57. The summed E-state index contributed by atoms with van der Waals surface area (Å²) >= 11 is 0. The molecule has 0 saturated carbocycles. The summed E-state index contributed by atoms with van der Waals surface area (Å²) in [5.74, 6) is 0. The Morgan fingerprint density at radius 2 is 1.83 bits per heavy atom. The minimum absolute atomic E-state index is 0.116. The zero-order valence-electron chi connectivity index (χ0n) is 7.47. The largest absolute Gasteiger partial charge is 0.268 e. The van der Waals surface area contributed by atoms with Crippen LogP contribution in [0, 0.1) is 13.8 Å². The number of H-pyrrole nitrogens is 1. The first-order valence-electron chi connectivity index (χ1n) is 3.88. The highest BCUT2D eigenvalue weighted by Gasteiger charge is 2.04. The van der Waals surface area contributed by atoms with E-state index in [0.29, 0.717) is 17.7 Å². The Morgan fingerprint density at radius 1 is 1.25 bits per heavy atom. The monoisotopic (exact) mass is 168 g/mol. The van der Waals surface area contributed by atoms with E-state index in [-0.39, 0.29) is 11.1 Å². The average molecular weight is 168 g/mol. The van der Waals surface area contributed by atoms with Crippen molar-refractivity contribution in [3.05, 3.63) is 31.8 Å². The number of aromatic nitrogens is 2. The van der Waals surface area contributed by atoms with Gasteiger partial charge in [-0.15, -0.1) is 0 Å². The van der Waals surface area contributed by atoms with Crippen molar-refractivity contribution in [2.24, 2.45) is 0 Å². The SMILES string of the molecule is CCn1[nH]c(=O)c(C)c(C)c1=O. The first-order valence-corrected chi connectivity index (χ1v) is 3.88. The second kappa shape index (κ2) is 2.97. The highest BCUT2D eigenvalue weighted by atomic mass is 16.2. The minimum Gasteiger partial charge on any atom is -0.268 e. The predicted molar refractivity (Wildman–Crippen MR) is 46.5 cm³/mol. The summed E-state index contributed by atoms with van der Waals surface area (Å²) in [6.07, 6.45) is 0. The van der Waals surface area contributed by atoms with Crippen LogP contribution in [0.3, 0.4) is 0 Å². The summed E-state index contributed by atoms with van der Waals surface area (Å²) in [6, 6.07) is 0. The summed E-state index contributed by atoms with van der Waals surface area (Å²) in [7, 11) is 0. The van der Waals surface area contributed by atoms with E-state index in [9.17, 15) is 9.59 Å². The van der Waals surface area contributed by atoms with E-state index < -0.39 is 0 Å². The van der Waals surface area contributed by atoms with Gasteiger partial charge >= 0.3 is 0 Å². The molecule has 0 spiro atoms. The summed E-state index contributed by atoms with van der Waals surface area (Å²) in [5, 5.41) is 2.48. The molecule has 0 aliphatic heterocycles. The molecular formula is C8H12N2O2. The maximum absolute atomic E-state index is 11.4. The van der Waals surface area contributed by atoms with Gasteiger partial charge in [-0.2, -0.15) is 0 Å². The molecule has 0 saturated heterocycles. The molecule has 1 aromatic heterocycles. The van der Waals surface area contributed by atoms with Crippen LogP contribution in [-0.2, 0) is 6.54 Å². The molecule has 1 heterocycles. The topological polar surface area (TPSA) is 54.9 Å². The van der Waals surface area contributed by atoms with Gasteiger partial charge in [0.05, 0.1) is 0 Å². The van der Waals surface area contributed by atoms with Crippen LogP contribution in [0.15, 0.2) is 9.59 Å². The number of aryl methyl sites for hydroxylation is 1. The lowest BCUT2D eigenvalue weighted by atomic mass is 10.2. The Balaban J connectivity index is 3.61. The van der Waals surface area contributed by atoms with Crippen molar-refractivity contribution in [2.45, 2.75) is 27.3 Å². The van der Waals surface area contributed by atoms with Crippen LogP contribution < -0.4 is 11.1 Å². The van der Waals surface area contributed by atoms with E-state index in [1.165, 1.54) is 4.68 Å². The van der Waals surface area contributed by atoms with E-state index >= 15 is 0 Å². The van der Waals surface area contributed by atoms with Crippen molar-refractivity contribution in [2.75, 3.05) is 0 Å². The highest BCUT2D eigenvalue weighted by Crippen LogP contribution is 1.90. The lowest BCUT2D eigenvalue weighted by Crippen LogP contribution is -2.32. The summed E-state index contributed by atoms with van der Waals surface area (Å²) in [4.78, 5) is 22.5. The van der Waals surface area contributed by atoms with Crippen molar-refractivity contribution in [3.63, 3.8) is 0 Å². The van der Waals surface area contributed by atoms with Gasteiger partial charge in [-0.3, -0.25) is 19.4 Å². The molecule has 1 rings (SSSR count). The molecule has 0 aliphatic carbocycles. The molecule has 0 unspecified atom stereocenters. The number of rotatable bonds is 1. The fourth-order valence-electron chi connectivity index (χ4n) is 1.01. The van der Waals surface area contributed by atoms with Crippen LogP contribution >= 0.6 is 0 Å². The quantitative estimate of drug-likeness (QED) is 0.650. The van der Waals surface area contributed by atoms with Crippen LogP contribution in [0.1, 0.15) is 18.1 Å². The van der Waals surface area contributed by atoms with Crippen molar-refractivity contribution in [1.29, 1.82) is 0 Å². The van der Waals surface area contributed by atoms with Gasteiger partial charge in [0.2, 0.25) is 0 Å². The number of hydrogen-bond donors (Lipinski definition) is 1. The van der Waals surface area contributed by atoms with Gasteiger partial charge in [-0.25, -0.2) is 0 Å². The number of aromatic amines is 1. The van der Waals surface area contributed by atoms with Crippen molar-refractivity contribution >= 4 is 0 Å². The van der Waals surface area contributed by atoms with Gasteiger partial charge in [-0.05, 0) is 20.8 Å². The molecule has 0 atom stereocenters. The smallest absolute Gasteiger partial charge is 0.268 e. The highest BCUT2D eigenvalue weighted by molar-refractivity contribution is 5.17. The summed E-state index contributed by atoms with van der Waals surface area (Å²) in [5.41, 5.74) is 0.730. The zero-order valence-corrected chi connectivity index (χ0v) is 7.47. The van der Waals surface area contributed by atoms with Gasteiger partial charge in [-0.1, -0.05) is 0 Å².